The van der Waals surface area contributed by atoms with Gasteiger partial charge in [0.15, 0.2) is 0 Å². The number of nitrogens with one attached hydrogen (secondary N) is 1. The van der Waals surface area contributed by atoms with Crippen LogP contribution in [-0.4, -0.2) is 29.9 Å². The molecule has 1 heterocycles. The van der Waals surface area contributed by atoms with Crippen molar-refractivity contribution in [2.24, 2.45) is 0 Å². The number of benzene rings is 2. The molecule has 6 heteroatoms. The Hall–Kier alpha value is -1.98. The molecule has 0 aliphatic carbocycles. The van der Waals surface area contributed by atoms with Crippen molar-refractivity contribution in [2.75, 3.05) is 13.1 Å². The number of amides is 1. The number of carbonyl (C=O) groups excluding carboxylic acids is 1. The van der Waals surface area contributed by atoms with Crippen LogP contribution in [0.25, 0.3) is 0 Å². The lowest BCUT2D eigenvalue weighted by Gasteiger charge is -2.33. The Bertz CT molecular complexity index is 731. The molecular weight excluding hydrogens is 346 g/mol. The van der Waals surface area contributed by atoms with E-state index in [0.29, 0.717) is 11.6 Å². The first-order valence-electron chi connectivity index (χ1n) is 8.24. The molecule has 3 rings (SSSR count). The van der Waals surface area contributed by atoms with Gasteiger partial charge in [0.25, 0.3) is 5.91 Å². The zero-order chi connectivity index (χ0) is 17.8. The van der Waals surface area contributed by atoms with E-state index >= 15 is 0 Å². The number of carbonyl (C=O) groups is 1. The molecule has 2 aromatic rings. The lowest BCUT2D eigenvalue weighted by atomic mass is 10.0. The molecule has 1 atom stereocenters. The van der Waals surface area contributed by atoms with Gasteiger partial charge in [0.1, 0.15) is 17.2 Å². The Morgan fingerprint density at radius 2 is 1.84 bits per heavy atom. The van der Waals surface area contributed by atoms with Gasteiger partial charge < -0.3 is 5.32 Å². The molecule has 1 saturated heterocycles. The molecular formula is C19H19ClF2N2O. The van der Waals surface area contributed by atoms with Gasteiger partial charge >= 0.3 is 0 Å². The van der Waals surface area contributed by atoms with Crippen molar-refractivity contribution >= 4 is 17.5 Å². The van der Waals surface area contributed by atoms with Crippen molar-refractivity contribution in [3.63, 3.8) is 0 Å². The normalized spacial score (nSPS) is 18.1. The summed E-state index contributed by atoms with van der Waals surface area (Å²) in [5.41, 5.74) is 0.619. The van der Waals surface area contributed by atoms with Crippen LogP contribution in [0.3, 0.4) is 0 Å². The average Bonchev–Trinajstić information content (AvgIpc) is 2.57. The predicted octanol–water partition coefficient (Wildman–Crippen LogP) is 4.01. The highest BCUT2D eigenvalue weighted by molar-refractivity contribution is 6.30. The zero-order valence-electron chi connectivity index (χ0n) is 13.6. The van der Waals surface area contributed by atoms with Gasteiger partial charge in [0, 0.05) is 24.2 Å². The summed E-state index contributed by atoms with van der Waals surface area (Å²) in [6, 6.07) is 10.9. The number of halogens is 3. The standard InChI is InChI=1S/C19H19ClF2N2O/c20-14-8-6-13(7-9-14)11-24-10-2-3-15(12-24)23-19(25)18-16(21)4-1-5-17(18)22/h1,4-9,15H,2-3,10-12H2,(H,23,25)/t15-/m0/s1. The summed E-state index contributed by atoms with van der Waals surface area (Å²) < 4.78 is 27.5. The summed E-state index contributed by atoms with van der Waals surface area (Å²) in [6.07, 6.45) is 1.71. The summed E-state index contributed by atoms with van der Waals surface area (Å²) in [7, 11) is 0. The third kappa shape index (κ3) is 4.55. The fourth-order valence-corrected chi connectivity index (χ4v) is 3.26. The minimum atomic E-state index is -0.841. The fourth-order valence-electron chi connectivity index (χ4n) is 3.14. The quantitative estimate of drug-likeness (QED) is 0.889. The molecule has 3 nitrogen and oxygen atoms in total. The minimum absolute atomic E-state index is 0.132. The summed E-state index contributed by atoms with van der Waals surface area (Å²) in [6.45, 7) is 2.31. The zero-order valence-corrected chi connectivity index (χ0v) is 14.4. The Morgan fingerprint density at radius 3 is 2.52 bits per heavy atom. The van der Waals surface area contributed by atoms with Crippen molar-refractivity contribution in [3.05, 3.63) is 70.2 Å². The first-order valence-corrected chi connectivity index (χ1v) is 8.62. The second-order valence-electron chi connectivity index (χ2n) is 6.27. The van der Waals surface area contributed by atoms with E-state index in [0.717, 1.165) is 43.6 Å². The molecule has 2 aromatic carbocycles. The Morgan fingerprint density at radius 1 is 1.16 bits per heavy atom. The highest BCUT2D eigenvalue weighted by atomic mass is 35.5. The Labute approximate surface area is 150 Å². The maximum atomic E-state index is 13.7. The maximum Gasteiger partial charge on any atom is 0.257 e. The first-order chi connectivity index (χ1) is 12.0. The number of likely N-dealkylation sites (tertiary alicyclic amines) is 1. The molecule has 1 N–H and O–H groups in total. The molecule has 1 aliphatic rings. The van der Waals surface area contributed by atoms with E-state index in [9.17, 15) is 13.6 Å². The molecule has 0 aromatic heterocycles. The maximum absolute atomic E-state index is 13.7. The molecule has 0 bridgehead atoms. The fraction of sp³-hybridized carbons (Fsp3) is 0.316. The molecule has 1 amide bonds. The molecule has 0 unspecified atom stereocenters. The highest BCUT2D eigenvalue weighted by Gasteiger charge is 2.24. The summed E-state index contributed by atoms with van der Waals surface area (Å²) in [4.78, 5) is 14.5. The molecule has 1 aliphatic heterocycles. The van der Waals surface area contributed by atoms with Crippen LogP contribution in [0.1, 0.15) is 28.8 Å². The van der Waals surface area contributed by atoms with E-state index in [1.54, 1.807) is 0 Å². The van der Waals surface area contributed by atoms with Gasteiger partial charge in [-0.25, -0.2) is 8.78 Å². The van der Waals surface area contributed by atoms with Crippen LogP contribution in [0.2, 0.25) is 5.02 Å². The molecule has 1 fully saturated rings. The highest BCUT2D eigenvalue weighted by Crippen LogP contribution is 2.17. The van der Waals surface area contributed by atoms with Crippen molar-refractivity contribution in [1.82, 2.24) is 10.2 Å². The largest absolute Gasteiger partial charge is 0.348 e. The second kappa shape index (κ2) is 7.93. The van der Waals surface area contributed by atoms with E-state index in [2.05, 4.69) is 10.2 Å². The van der Waals surface area contributed by atoms with E-state index in [4.69, 9.17) is 11.6 Å². The van der Waals surface area contributed by atoms with Crippen molar-refractivity contribution < 1.29 is 13.6 Å². The van der Waals surface area contributed by atoms with Crippen molar-refractivity contribution in [2.45, 2.75) is 25.4 Å². The van der Waals surface area contributed by atoms with Gasteiger partial charge in [0.2, 0.25) is 0 Å². The average molecular weight is 365 g/mol. The summed E-state index contributed by atoms with van der Waals surface area (Å²) >= 11 is 5.90. The number of piperidine rings is 1. The van der Waals surface area contributed by atoms with Crippen LogP contribution in [0.5, 0.6) is 0 Å². The van der Waals surface area contributed by atoms with E-state index in [1.807, 2.05) is 24.3 Å². The van der Waals surface area contributed by atoms with Gasteiger partial charge in [0.05, 0.1) is 0 Å². The second-order valence-corrected chi connectivity index (χ2v) is 6.71. The van der Waals surface area contributed by atoms with Crippen LogP contribution in [0.4, 0.5) is 8.78 Å². The topological polar surface area (TPSA) is 32.3 Å². The van der Waals surface area contributed by atoms with Crippen LogP contribution in [-0.2, 0) is 6.54 Å². The first kappa shape index (κ1) is 17.8. The van der Waals surface area contributed by atoms with E-state index < -0.39 is 23.1 Å². The number of nitrogens with zero attached hydrogens (tertiary/aromatic N) is 1. The van der Waals surface area contributed by atoms with E-state index in [-0.39, 0.29) is 6.04 Å². The molecule has 0 radical (unpaired) electrons. The third-order valence-electron chi connectivity index (χ3n) is 4.35. The Balaban J connectivity index is 1.61. The molecule has 0 saturated carbocycles. The van der Waals surface area contributed by atoms with Gasteiger partial charge in [-0.2, -0.15) is 0 Å². The third-order valence-corrected chi connectivity index (χ3v) is 4.60. The lowest BCUT2D eigenvalue weighted by molar-refractivity contribution is 0.0892. The summed E-state index contributed by atoms with van der Waals surface area (Å²) in [5.74, 6) is -2.38. The number of hydrogen-bond acceptors (Lipinski definition) is 2. The number of rotatable bonds is 4. The monoisotopic (exact) mass is 364 g/mol. The van der Waals surface area contributed by atoms with Gasteiger partial charge in [-0.05, 0) is 49.2 Å². The number of hydrogen-bond donors (Lipinski definition) is 1. The van der Waals surface area contributed by atoms with Gasteiger partial charge in [-0.15, -0.1) is 0 Å². The summed E-state index contributed by atoms with van der Waals surface area (Å²) in [5, 5.41) is 3.45. The lowest BCUT2D eigenvalue weighted by Crippen LogP contribution is -2.47. The predicted molar refractivity (Wildman–Crippen MR) is 93.6 cm³/mol. The minimum Gasteiger partial charge on any atom is -0.348 e. The Kier molecular flexibility index (Phi) is 5.66. The molecule has 25 heavy (non-hydrogen) atoms. The van der Waals surface area contributed by atoms with Crippen LogP contribution < -0.4 is 5.32 Å². The van der Waals surface area contributed by atoms with Crippen LogP contribution in [0.15, 0.2) is 42.5 Å². The van der Waals surface area contributed by atoms with Crippen molar-refractivity contribution in [1.29, 1.82) is 0 Å². The van der Waals surface area contributed by atoms with Crippen molar-refractivity contribution in [3.8, 4) is 0 Å². The van der Waals surface area contributed by atoms with Gasteiger partial charge in [-0.3, -0.25) is 9.69 Å². The molecule has 0 spiro atoms. The smallest absolute Gasteiger partial charge is 0.257 e. The van der Waals surface area contributed by atoms with E-state index in [1.165, 1.54) is 6.07 Å². The van der Waals surface area contributed by atoms with Crippen LogP contribution >= 0.6 is 11.6 Å². The SMILES string of the molecule is O=C(N[C@H]1CCCN(Cc2ccc(Cl)cc2)C1)c1c(F)cccc1F. The molecule has 132 valence electrons. The van der Waals surface area contributed by atoms with Gasteiger partial charge in [-0.1, -0.05) is 29.8 Å². The van der Waals surface area contributed by atoms with Crippen LogP contribution in [0, 0.1) is 11.6 Å².